The fourth-order valence-electron chi connectivity index (χ4n) is 2.00. The molecule has 0 atom stereocenters. The van der Waals surface area contributed by atoms with Crippen molar-refractivity contribution in [1.29, 1.82) is 0 Å². The maximum absolute atomic E-state index is 12.4. The van der Waals surface area contributed by atoms with Crippen molar-refractivity contribution in [2.24, 2.45) is 0 Å². The van der Waals surface area contributed by atoms with Gasteiger partial charge in [0.2, 0.25) is 0 Å². The van der Waals surface area contributed by atoms with Crippen LogP contribution in [-0.4, -0.2) is 46.2 Å². The SMILES string of the molecule is Cc1ccc(C=CC(=O)O)cc1C(=O)N(C)CC(C)(C)O. The Balaban J connectivity index is 3.03. The van der Waals surface area contributed by atoms with Gasteiger partial charge >= 0.3 is 5.97 Å². The van der Waals surface area contributed by atoms with Gasteiger partial charge in [-0.05, 0) is 44.0 Å². The molecule has 5 heteroatoms. The molecule has 1 aromatic carbocycles. The molecule has 0 fully saturated rings. The van der Waals surface area contributed by atoms with Crippen molar-refractivity contribution >= 4 is 18.0 Å². The molecule has 0 aromatic heterocycles. The third kappa shape index (κ3) is 5.39. The van der Waals surface area contributed by atoms with Crippen molar-refractivity contribution in [3.63, 3.8) is 0 Å². The predicted molar refractivity (Wildman–Crippen MR) is 81.1 cm³/mol. The van der Waals surface area contributed by atoms with Crippen LogP contribution in [0.15, 0.2) is 24.3 Å². The van der Waals surface area contributed by atoms with Crippen molar-refractivity contribution in [2.45, 2.75) is 26.4 Å². The maximum atomic E-state index is 12.4. The van der Waals surface area contributed by atoms with Gasteiger partial charge in [0.25, 0.3) is 5.91 Å². The molecule has 0 unspecified atom stereocenters. The van der Waals surface area contributed by atoms with E-state index >= 15 is 0 Å². The second-order valence-electron chi connectivity index (χ2n) is 5.72. The van der Waals surface area contributed by atoms with E-state index in [-0.39, 0.29) is 12.5 Å². The topological polar surface area (TPSA) is 77.8 Å². The summed E-state index contributed by atoms with van der Waals surface area (Å²) in [5, 5.41) is 18.4. The van der Waals surface area contributed by atoms with Crippen LogP contribution in [0.4, 0.5) is 0 Å². The van der Waals surface area contributed by atoms with E-state index in [9.17, 15) is 14.7 Å². The van der Waals surface area contributed by atoms with Gasteiger partial charge in [-0.25, -0.2) is 4.79 Å². The smallest absolute Gasteiger partial charge is 0.328 e. The number of rotatable bonds is 5. The van der Waals surface area contributed by atoms with Gasteiger partial charge in [0.05, 0.1) is 5.60 Å². The minimum atomic E-state index is -1.04. The normalized spacial score (nSPS) is 11.7. The van der Waals surface area contributed by atoms with Crippen LogP contribution in [0.1, 0.15) is 35.3 Å². The summed E-state index contributed by atoms with van der Waals surface area (Å²) >= 11 is 0. The van der Waals surface area contributed by atoms with E-state index < -0.39 is 11.6 Å². The lowest BCUT2D eigenvalue weighted by atomic mass is 10.0. The Bertz CT molecular complexity index is 570. The van der Waals surface area contributed by atoms with Crippen LogP contribution in [-0.2, 0) is 4.79 Å². The molecule has 0 aliphatic rings. The molecule has 2 N–H and O–H groups in total. The van der Waals surface area contributed by atoms with Crippen molar-refractivity contribution in [2.75, 3.05) is 13.6 Å². The van der Waals surface area contributed by atoms with E-state index in [4.69, 9.17) is 5.11 Å². The standard InChI is InChI=1S/C16H21NO4/c1-11-5-6-12(7-8-14(18)19)9-13(11)15(20)17(4)10-16(2,3)21/h5-9,21H,10H2,1-4H3,(H,18,19). The van der Waals surface area contributed by atoms with Crippen LogP contribution in [0.5, 0.6) is 0 Å². The molecule has 1 rings (SSSR count). The third-order valence-corrected chi connectivity index (χ3v) is 2.88. The molecular formula is C16H21NO4. The second-order valence-corrected chi connectivity index (χ2v) is 5.72. The number of aliphatic carboxylic acids is 1. The summed E-state index contributed by atoms with van der Waals surface area (Å²) < 4.78 is 0. The minimum Gasteiger partial charge on any atom is -0.478 e. The molecule has 0 saturated heterocycles. The summed E-state index contributed by atoms with van der Waals surface area (Å²) in [7, 11) is 1.62. The molecule has 0 spiro atoms. The summed E-state index contributed by atoms with van der Waals surface area (Å²) in [5.74, 6) is -1.25. The number of aryl methyl sites for hydroxylation is 1. The van der Waals surface area contributed by atoms with Gasteiger partial charge < -0.3 is 15.1 Å². The van der Waals surface area contributed by atoms with Gasteiger partial charge in [-0.1, -0.05) is 12.1 Å². The largest absolute Gasteiger partial charge is 0.478 e. The van der Waals surface area contributed by atoms with Crippen LogP contribution < -0.4 is 0 Å². The number of carbonyl (C=O) groups excluding carboxylic acids is 1. The molecule has 0 aliphatic carbocycles. The number of carboxylic acids is 1. The van der Waals surface area contributed by atoms with E-state index in [0.717, 1.165) is 11.6 Å². The Hall–Kier alpha value is -2.14. The predicted octanol–water partition coefficient (Wildman–Crippen LogP) is 1.94. The van der Waals surface area contributed by atoms with Crippen LogP contribution in [0.3, 0.4) is 0 Å². The number of benzene rings is 1. The van der Waals surface area contributed by atoms with E-state index in [1.54, 1.807) is 39.1 Å². The van der Waals surface area contributed by atoms with E-state index in [1.807, 2.05) is 6.92 Å². The van der Waals surface area contributed by atoms with Gasteiger partial charge in [-0.15, -0.1) is 0 Å². The van der Waals surface area contributed by atoms with Gasteiger partial charge in [-0.3, -0.25) is 4.79 Å². The molecule has 0 bridgehead atoms. The van der Waals surface area contributed by atoms with E-state index in [2.05, 4.69) is 0 Å². The molecule has 0 aliphatic heterocycles. The maximum Gasteiger partial charge on any atom is 0.328 e. The Morgan fingerprint density at radius 2 is 1.95 bits per heavy atom. The molecule has 0 saturated carbocycles. The third-order valence-electron chi connectivity index (χ3n) is 2.88. The lowest BCUT2D eigenvalue weighted by molar-refractivity contribution is -0.131. The zero-order chi connectivity index (χ0) is 16.2. The first-order chi connectivity index (χ1) is 9.60. The van der Waals surface area contributed by atoms with Crippen LogP contribution >= 0.6 is 0 Å². The minimum absolute atomic E-state index is 0.208. The van der Waals surface area contributed by atoms with Gasteiger partial charge in [0.1, 0.15) is 0 Å². The Morgan fingerprint density at radius 3 is 2.48 bits per heavy atom. The highest BCUT2D eigenvalue weighted by Crippen LogP contribution is 2.16. The molecule has 0 heterocycles. The van der Waals surface area contributed by atoms with Crippen LogP contribution in [0.25, 0.3) is 6.08 Å². The second kappa shape index (κ2) is 6.54. The Kier molecular flexibility index (Phi) is 5.27. The average Bonchev–Trinajstić information content (AvgIpc) is 2.34. The van der Waals surface area contributed by atoms with Crippen LogP contribution in [0.2, 0.25) is 0 Å². The van der Waals surface area contributed by atoms with Gasteiger partial charge in [0, 0.05) is 25.2 Å². The molecule has 1 aromatic rings. The first-order valence-corrected chi connectivity index (χ1v) is 6.59. The highest BCUT2D eigenvalue weighted by Gasteiger charge is 2.21. The summed E-state index contributed by atoms with van der Waals surface area (Å²) in [6.45, 7) is 5.29. The number of hydrogen-bond acceptors (Lipinski definition) is 3. The zero-order valence-electron chi connectivity index (χ0n) is 12.8. The molecule has 5 nitrogen and oxygen atoms in total. The van der Waals surface area contributed by atoms with E-state index in [1.165, 1.54) is 11.0 Å². The number of carbonyl (C=O) groups is 2. The fourth-order valence-corrected chi connectivity index (χ4v) is 2.00. The van der Waals surface area contributed by atoms with Crippen molar-refractivity contribution in [3.05, 3.63) is 41.0 Å². The number of likely N-dealkylation sites (N-methyl/N-ethyl adjacent to an activating group) is 1. The average molecular weight is 291 g/mol. The van der Waals surface area contributed by atoms with E-state index in [0.29, 0.717) is 11.1 Å². The summed E-state index contributed by atoms with van der Waals surface area (Å²) in [6, 6.07) is 5.17. The number of amides is 1. The summed E-state index contributed by atoms with van der Waals surface area (Å²) in [6.07, 6.45) is 2.47. The van der Waals surface area contributed by atoms with Crippen molar-refractivity contribution in [1.82, 2.24) is 4.90 Å². The van der Waals surface area contributed by atoms with Crippen LogP contribution in [0, 0.1) is 6.92 Å². The summed E-state index contributed by atoms with van der Waals surface area (Å²) in [5.41, 5.74) is 0.964. The monoisotopic (exact) mass is 291 g/mol. The van der Waals surface area contributed by atoms with Crippen molar-refractivity contribution in [3.8, 4) is 0 Å². The first kappa shape index (κ1) is 16.9. The quantitative estimate of drug-likeness (QED) is 0.813. The molecule has 21 heavy (non-hydrogen) atoms. The lowest BCUT2D eigenvalue weighted by Gasteiger charge is -2.26. The Morgan fingerprint density at radius 1 is 1.33 bits per heavy atom. The van der Waals surface area contributed by atoms with Gasteiger partial charge in [0.15, 0.2) is 0 Å². The molecule has 1 amide bonds. The molecular weight excluding hydrogens is 270 g/mol. The lowest BCUT2D eigenvalue weighted by Crippen LogP contribution is -2.39. The highest BCUT2D eigenvalue weighted by molar-refractivity contribution is 5.96. The number of aliphatic hydroxyl groups is 1. The number of hydrogen-bond donors (Lipinski definition) is 2. The zero-order valence-corrected chi connectivity index (χ0v) is 12.8. The number of nitrogens with zero attached hydrogens (tertiary/aromatic N) is 1. The fraction of sp³-hybridized carbons (Fsp3) is 0.375. The van der Waals surface area contributed by atoms with Gasteiger partial charge in [-0.2, -0.15) is 0 Å². The first-order valence-electron chi connectivity index (χ1n) is 6.59. The highest BCUT2D eigenvalue weighted by atomic mass is 16.4. The number of carboxylic acid groups (broad SMARTS) is 1. The Labute approximate surface area is 124 Å². The van der Waals surface area contributed by atoms with Crippen molar-refractivity contribution < 1.29 is 19.8 Å². The molecule has 0 radical (unpaired) electrons. The summed E-state index contributed by atoms with van der Waals surface area (Å²) in [4.78, 5) is 24.4. The molecule has 114 valence electrons.